The van der Waals surface area contributed by atoms with Crippen LogP contribution in [0.4, 0.5) is 5.69 Å². The molecule has 0 bridgehead atoms. The molecule has 0 spiro atoms. The van der Waals surface area contributed by atoms with Crippen molar-refractivity contribution in [3.63, 3.8) is 0 Å². The summed E-state index contributed by atoms with van der Waals surface area (Å²) in [6, 6.07) is 5.48. The van der Waals surface area contributed by atoms with Gasteiger partial charge in [0.2, 0.25) is 5.91 Å². The molecule has 28 heavy (non-hydrogen) atoms. The Morgan fingerprint density at radius 2 is 2.18 bits per heavy atom. The predicted octanol–water partition coefficient (Wildman–Crippen LogP) is 2.38. The number of carbonyl (C=O) groups excluding carboxylic acids is 2. The highest BCUT2D eigenvalue weighted by Crippen LogP contribution is 2.47. The molecule has 1 aromatic carbocycles. The van der Waals surface area contributed by atoms with Gasteiger partial charge in [-0.05, 0) is 24.6 Å². The largest absolute Gasteiger partial charge is 0.456 e. The maximum Gasteiger partial charge on any atom is 0.356 e. The first-order valence-electron chi connectivity index (χ1n) is 8.73. The number of non-ortho nitro benzene ring substituents is 1. The minimum Gasteiger partial charge on any atom is -0.456 e. The van der Waals surface area contributed by atoms with E-state index in [9.17, 15) is 24.8 Å². The molecule has 3 rings (SSSR count). The van der Waals surface area contributed by atoms with Crippen LogP contribution >= 0.6 is 11.8 Å². The number of ether oxygens (including phenoxy) is 1. The molecule has 2 aliphatic rings. The Bertz CT molecular complexity index is 848. The van der Waals surface area contributed by atoms with Crippen LogP contribution in [0.2, 0.25) is 0 Å². The van der Waals surface area contributed by atoms with Crippen molar-refractivity contribution in [2.45, 2.75) is 32.1 Å². The summed E-state index contributed by atoms with van der Waals surface area (Å²) in [4.78, 5) is 37.5. The minimum atomic E-state index is -0.783. The first-order chi connectivity index (χ1) is 13.3. The van der Waals surface area contributed by atoms with Crippen molar-refractivity contribution < 1.29 is 24.4 Å². The average Bonchev–Trinajstić information content (AvgIpc) is 2.98. The third-order valence-electron chi connectivity index (χ3n) is 4.77. The number of hydrogen-bond acceptors (Lipinski definition) is 7. The van der Waals surface area contributed by atoms with E-state index in [1.54, 1.807) is 13.0 Å². The van der Waals surface area contributed by atoms with Crippen LogP contribution in [0.5, 0.6) is 0 Å². The Hall–Kier alpha value is -2.65. The highest BCUT2D eigenvalue weighted by Gasteiger charge is 2.56. The highest BCUT2D eigenvalue weighted by molar-refractivity contribution is 8.03. The van der Waals surface area contributed by atoms with Crippen LogP contribution in [0.1, 0.15) is 18.9 Å². The molecule has 1 saturated heterocycles. The first kappa shape index (κ1) is 20.1. The lowest BCUT2D eigenvalue weighted by Gasteiger charge is -2.44. The number of carbonyl (C=O) groups is 2. The number of hydrogen-bond donors (Lipinski definition) is 1. The number of amides is 1. The molecule has 1 fully saturated rings. The first-order valence-corrected chi connectivity index (χ1v) is 9.72. The van der Waals surface area contributed by atoms with Crippen LogP contribution in [-0.4, -0.2) is 44.7 Å². The quantitative estimate of drug-likeness (QED) is 0.233. The number of esters is 1. The van der Waals surface area contributed by atoms with Gasteiger partial charge in [0, 0.05) is 29.2 Å². The number of thioether (sulfide) groups is 1. The second kappa shape index (κ2) is 8.15. The second-order valence-corrected chi connectivity index (χ2v) is 7.73. The lowest BCUT2D eigenvalue weighted by Crippen LogP contribution is -2.61. The number of aliphatic hydroxyl groups is 1. The van der Waals surface area contributed by atoms with Crippen LogP contribution in [0, 0.1) is 16.0 Å². The second-order valence-electron chi connectivity index (χ2n) is 6.62. The smallest absolute Gasteiger partial charge is 0.356 e. The van der Waals surface area contributed by atoms with Gasteiger partial charge in [-0.25, -0.2) is 4.79 Å². The third kappa shape index (κ3) is 3.67. The monoisotopic (exact) mass is 404 g/mol. The maximum absolute atomic E-state index is 12.7. The fourth-order valence-electron chi connectivity index (χ4n) is 3.44. The van der Waals surface area contributed by atoms with Crippen LogP contribution in [-0.2, 0) is 20.9 Å². The van der Waals surface area contributed by atoms with Crippen LogP contribution < -0.4 is 0 Å². The predicted molar refractivity (Wildman–Crippen MR) is 103 cm³/mol. The van der Waals surface area contributed by atoms with Gasteiger partial charge in [-0.1, -0.05) is 6.08 Å². The zero-order chi connectivity index (χ0) is 20.4. The number of aliphatic hydroxyl groups excluding tert-OH is 1. The van der Waals surface area contributed by atoms with Crippen LogP contribution in [0.3, 0.4) is 0 Å². The summed E-state index contributed by atoms with van der Waals surface area (Å²) >= 11 is 1.42. The van der Waals surface area contributed by atoms with Crippen LogP contribution in [0.25, 0.3) is 0 Å². The Morgan fingerprint density at radius 3 is 2.75 bits per heavy atom. The molecule has 0 unspecified atom stereocenters. The standard InChI is InChI=1S/C19H20N2O6S/c1-3-8-28-15-9-14-16(11(2)22)18(23)20(14)17(15)19(24)27-10-12-4-6-13(7-5-12)21(25)26/h3-7,11,14,16,22H,1,8-10H2,2H3/t11-,14+,16-/m0/s1. The fourth-order valence-corrected chi connectivity index (χ4v) is 4.37. The van der Waals surface area contributed by atoms with Crippen LogP contribution in [0.15, 0.2) is 47.5 Å². The summed E-state index contributed by atoms with van der Waals surface area (Å²) in [7, 11) is 0. The van der Waals surface area contributed by atoms with E-state index in [0.29, 0.717) is 17.7 Å². The molecule has 0 aromatic heterocycles. The van der Waals surface area contributed by atoms with E-state index in [2.05, 4.69) is 6.58 Å². The van der Waals surface area contributed by atoms with E-state index in [-0.39, 0.29) is 29.9 Å². The third-order valence-corrected chi connectivity index (χ3v) is 5.88. The highest BCUT2D eigenvalue weighted by atomic mass is 32.2. The zero-order valence-corrected chi connectivity index (χ0v) is 16.1. The minimum absolute atomic E-state index is 0.0464. The normalized spacial score (nSPS) is 21.8. The number of fused-ring (bicyclic) bond motifs is 1. The van der Waals surface area contributed by atoms with Gasteiger partial charge in [0.05, 0.1) is 23.0 Å². The average molecular weight is 404 g/mol. The fraction of sp³-hybridized carbons (Fsp3) is 0.368. The van der Waals surface area contributed by atoms with Crippen molar-refractivity contribution in [1.29, 1.82) is 0 Å². The SMILES string of the molecule is C=CCSC1=C(C(=O)OCc2ccc([N+](=O)[O-])cc2)N2C(=O)[C@@H]([C@H](C)O)[C@H]2C1. The molecule has 148 valence electrons. The topological polar surface area (TPSA) is 110 Å². The molecular formula is C19H20N2O6S. The summed E-state index contributed by atoms with van der Waals surface area (Å²) in [6.45, 7) is 5.18. The molecule has 1 N–H and O–H groups in total. The molecule has 1 aromatic rings. The summed E-state index contributed by atoms with van der Waals surface area (Å²) in [5, 5.41) is 20.5. The Kier molecular flexibility index (Phi) is 5.85. The molecule has 8 nitrogen and oxygen atoms in total. The van der Waals surface area contributed by atoms with Gasteiger partial charge in [-0.2, -0.15) is 0 Å². The van der Waals surface area contributed by atoms with Gasteiger partial charge >= 0.3 is 5.97 Å². The molecule has 2 heterocycles. The Balaban J connectivity index is 1.72. The van der Waals surface area contributed by atoms with E-state index >= 15 is 0 Å². The molecule has 0 saturated carbocycles. The summed E-state index contributed by atoms with van der Waals surface area (Å²) in [5.41, 5.74) is 0.779. The lowest BCUT2D eigenvalue weighted by molar-refractivity contribution is -0.384. The van der Waals surface area contributed by atoms with Crippen molar-refractivity contribution in [3.05, 3.63) is 63.2 Å². The molecule has 0 radical (unpaired) electrons. The van der Waals surface area contributed by atoms with Crippen molar-refractivity contribution >= 4 is 29.3 Å². The Labute approximate surface area is 166 Å². The summed E-state index contributed by atoms with van der Waals surface area (Å²) in [6.07, 6.45) is 1.43. The maximum atomic E-state index is 12.7. The van der Waals surface area contributed by atoms with Gasteiger partial charge in [-0.3, -0.25) is 14.9 Å². The van der Waals surface area contributed by atoms with Crippen molar-refractivity contribution in [2.24, 2.45) is 5.92 Å². The van der Waals surface area contributed by atoms with Crippen molar-refractivity contribution in [2.75, 3.05) is 5.75 Å². The van der Waals surface area contributed by atoms with Gasteiger partial charge < -0.3 is 14.7 Å². The van der Waals surface area contributed by atoms with E-state index in [1.807, 2.05) is 0 Å². The van der Waals surface area contributed by atoms with E-state index in [1.165, 1.54) is 40.9 Å². The van der Waals surface area contributed by atoms with E-state index < -0.39 is 22.9 Å². The number of β-lactam (4-membered cyclic amide) rings is 1. The number of rotatable bonds is 8. The van der Waals surface area contributed by atoms with Crippen molar-refractivity contribution in [3.8, 4) is 0 Å². The van der Waals surface area contributed by atoms with E-state index in [0.717, 1.165) is 4.91 Å². The van der Waals surface area contributed by atoms with Gasteiger partial charge in [0.15, 0.2) is 0 Å². The molecule has 0 aliphatic carbocycles. The molecular weight excluding hydrogens is 384 g/mol. The lowest BCUT2D eigenvalue weighted by atomic mass is 9.83. The number of nitro benzene ring substituents is 1. The number of benzene rings is 1. The van der Waals surface area contributed by atoms with Gasteiger partial charge in [0.25, 0.3) is 5.69 Å². The zero-order valence-electron chi connectivity index (χ0n) is 15.2. The van der Waals surface area contributed by atoms with Gasteiger partial charge in [-0.15, -0.1) is 18.3 Å². The number of nitro groups is 1. The van der Waals surface area contributed by atoms with E-state index in [4.69, 9.17) is 4.74 Å². The molecule has 3 atom stereocenters. The number of nitrogens with zero attached hydrogens (tertiary/aromatic N) is 2. The molecule has 2 aliphatic heterocycles. The Morgan fingerprint density at radius 1 is 1.50 bits per heavy atom. The molecule has 9 heteroatoms. The molecule has 1 amide bonds. The summed E-state index contributed by atoms with van der Waals surface area (Å²) in [5.74, 6) is -0.830. The summed E-state index contributed by atoms with van der Waals surface area (Å²) < 4.78 is 5.36. The van der Waals surface area contributed by atoms with Gasteiger partial charge in [0.1, 0.15) is 12.3 Å². The van der Waals surface area contributed by atoms with Crippen molar-refractivity contribution in [1.82, 2.24) is 4.90 Å².